The molecule has 0 saturated heterocycles. The highest BCUT2D eigenvalue weighted by molar-refractivity contribution is 5.94. The normalized spacial score (nSPS) is 11.2. The number of carboxylic acid groups (broad SMARTS) is 1. The number of amides is 1. The van der Waals surface area contributed by atoms with E-state index < -0.39 is 17.5 Å². The van der Waals surface area contributed by atoms with Crippen molar-refractivity contribution in [2.45, 2.75) is 18.4 Å². The summed E-state index contributed by atoms with van der Waals surface area (Å²) in [5.41, 5.74) is 3.24. The van der Waals surface area contributed by atoms with Crippen LogP contribution in [0.3, 0.4) is 0 Å². The largest absolute Gasteiger partial charge is 0.497 e. The molecule has 2 N–H and O–H groups in total. The zero-order valence-electron chi connectivity index (χ0n) is 32.6. The Bertz CT molecular complexity index is 2290. The van der Waals surface area contributed by atoms with Crippen LogP contribution in [-0.2, 0) is 15.1 Å². The van der Waals surface area contributed by atoms with Crippen LogP contribution >= 0.6 is 0 Å². The molecular weight excluding hydrogens is 751 g/mol. The number of carboxylic acids is 1. The summed E-state index contributed by atoms with van der Waals surface area (Å²) < 4.78 is 29.1. The van der Waals surface area contributed by atoms with Gasteiger partial charge in [-0.25, -0.2) is 4.79 Å². The van der Waals surface area contributed by atoms with E-state index in [4.69, 9.17) is 28.8 Å². The van der Waals surface area contributed by atoms with E-state index in [-0.39, 0.29) is 50.0 Å². The van der Waals surface area contributed by atoms with Crippen LogP contribution in [0.25, 0.3) is 0 Å². The first-order valence-electron chi connectivity index (χ1n) is 18.8. The second kappa shape index (κ2) is 20.2. The number of benzene rings is 6. The fraction of sp³-hybridized carbons (Fsp3) is 0.170. The van der Waals surface area contributed by atoms with Crippen LogP contribution in [-0.4, -0.2) is 56.9 Å². The molecule has 0 unspecified atom stereocenters. The Morgan fingerprint density at radius 1 is 0.627 bits per heavy atom. The zero-order chi connectivity index (χ0) is 41.5. The predicted octanol–water partition coefficient (Wildman–Crippen LogP) is 9.32. The third-order valence-electron chi connectivity index (χ3n) is 9.23. The van der Waals surface area contributed by atoms with Gasteiger partial charge < -0.3 is 34.1 Å². The maximum Gasteiger partial charge on any atom is 0.343 e. The van der Waals surface area contributed by atoms with E-state index in [0.29, 0.717) is 34.0 Å². The van der Waals surface area contributed by atoms with Gasteiger partial charge in [0.1, 0.15) is 28.5 Å². The molecule has 0 aliphatic carbocycles. The number of ether oxygens (including phenoxy) is 5. The molecule has 0 aliphatic rings. The van der Waals surface area contributed by atoms with Crippen molar-refractivity contribution >= 4 is 29.2 Å². The van der Waals surface area contributed by atoms with Crippen LogP contribution in [0.1, 0.15) is 50.2 Å². The maximum absolute atomic E-state index is 13.3. The van der Waals surface area contributed by atoms with Crippen LogP contribution < -0.4 is 24.3 Å². The van der Waals surface area contributed by atoms with Gasteiger partial charge in [0.05, 0.1) is 38.7 Å². The number of azo groups is 1. The number of methoxy groups -OCH3 is 2. The van der Waals surface area contributed by atoms with Crippen molar-refractivity contribution in [3.63, 3.8) is 0 Å². The second-order valence-corrected chi connectivity index (χ2v) is 13.1. The Balaban J connectivity index is 1.13. The molecule has 0 bridgehead atoms. The number of hydrogen-bond donors (Lipinski definition) is 2. The van der Waals surface area contributed by atoms with Gasteiger partial charge >= 0.3 is 11.9 Å². The Labute approximate surface area is 342 Å². The molecule has 0 saturated carbocycles. The van der Waals surface area contributed by atoms with Crippen LogP contribution in [0.2, 0.25) is 0 Å². The van der Waals surface area contributed by atoms with Crippen LogP contribution in [0.5, 0.6) is 23.0 Å². The van der Waals surface area contributed by atoms with E-state index in [2.05, 4.69) is 15.5 Å². The molecule has 6 rings (SSSR count). The lowest BCUT2D eigenvalue weighted by Crippen LogP contribution is -2.36. The predicted molar refractivity (Wildman–Crippen MR) is 221 cm³/mol. The monoisotopic (exact) mass is 793 g/mol. The molecule has 300 valence electrons. The molecular formula is C47H43N3O9. The van der Waals surface area contributed by atoms with E-state index in [1.165, 1.54) is 6.07 Å². The third kappa shape index (κ3) is 10.8. The van der Waals surface area contributed by atoms with Crippen LogP contribution in [0.4, 0.5) is 11.4 Å². The third-order valence-corrected chi connectivity index (χ3v) is 9.23. The van der Waals surface area contributed by atoms with Gasteiger partial charge in [-0.3, -0.25) is 9.59 Å². The second-order valence-electron chi connectivity index (χ2n) is 13.1. The van der Waals surface area contributed by atoms with Crippen molar-refractivity contribution in [3.8, 4) is 23.0 Å². The van der Waals surface area contributed by atoms with Gasteiger partial charge in [-0.05, 0) is 95.9 Å². The lowest BCUT2D eigenvalue weighted by molar-refractivity contribution is -0.137. The van der Waals surface area contributed by atoms with Crippen LogP contribution in [0, 0.1) is 0 Å². The van der Waals surface area contributed by atoms with Crippen molar-refractivity contribution in [1.29, 1.82) is 0 Å². The van der Waals surface area contributed by atoms with Crippen LogP contribution in [0.15, 0.2) is 162 Å². The summed E-state index contributed by atoms with van der Waals surface area (Å²) in [5.74, 6) is 0.122. The Kier molecular flexibility index (Phi) is 14.2. The first-order chi connectivity index (χ1) is 28.8. The molecule has 12 heteroatoms. The van der Waals surface area contributed by atoms with E-state index in [9.17, 15) is 14.4 Å². The minimum absolute atomic E-state index is 0.0751. The summed E-state index contributed by atoms with van der Waals surface area (Å²) in [6.07, 6.45) is 0.184. The van der Waals surface area contributed by atoms with Gasteiger partial charge in [-0.15, -0.1) is 5.11 Å². The molecule has 6 aromatic carbocycles. The molecule has 1 amide bonds. The molecule has 0 spiro atoms. The lowest BCUT2D eigenvalue weighted by atomic mass is 9.80. The topological polar surface area (TPSA) is 154 Å². The number of rotatable bonds is 19. The van der Waals surface area contributed by atoms with Gasteiger partial charge in [0, 0.05) is 24.6 Å². The number of nitrogens with zero attached hydrogens (tertiary/aromatic N) is 2. The number of nitrogens with one attached hydrogen (secondary N) is 1. The van der Waals surface area contributed by atoms with Gasteiger partial charge in [-0.1, -0.05) is 72.8 Å². The van der Waals surface area contributed by atoms with Crippen molar-refractivity contribution in [2.24, 2.45) is 10.2 Å². The zero-order valence-corrected chi connectivity index (χ0v) is 32.6. The lowest BCUT2D eigenvalue weighted by Gasteiger charge is -2.36. The number of carbonyl (C=O) groups excluding carboxylic acids is 2. The summed E-state index contributed by atoms with van der Waals surface area (Å²) in [4.78, 5) is 36.9. The van der Waals surface area contributed by atoms with Gasteiger partial charge in [0.25, 0.3) is 5.91 Å². The fourth-order valence-electron chi connectivity index (χ4n) is 6.24. The molecule has 0 radical (unpaired) electrons. The first kappa shape index (κ1) is 41.3. The minimum atomic E-state index is -1.02. The van der Waals surface area contributed by atoms with Crippen molar-refractivity contribution in [2.75, 3.05) is 34.0 Å². The standard InChI is InChI=1S/C47H43N3O9/c1-55-39-23-17-36(18-24-39)47(35-12-7-4-8-13-35,37-19-25-40(56-2)26-20-37)58-31-29-48-45(53)33-15-21-38(22-16-33)49-50-42-28-27-41(32-43(42)57-30-9-14-44(51)52)59-46(54)34-10-5-3-6-11-34/h3-8,10-13,15-28,32H,9,14,29-31H2,1-2H3,(H,48,53)(H,51,52). The van der Waals surface area contributed by atoms with E-state index in [1.807, 2.05) is 78.9 Å². The Morgan fingerprint density at radius 3 is 1.80 bits per heavy atom. The molecule has 0 heterocycles. The summed E-state index contributed by atoms with van der Waals surface area (Å²) >= 11 is 0. The fourth-order valence-corrected chi connectivity index (χ4v) is 6.24. The van der Waals surface area contributed by atoms with E-state index in [1.54, 1.807) is 80.9 Å². The molecule has 0 fully saturated rings. The highest BCUT2D eigenvalue weighted by Gasteiger charge is 2.37. The average molecular weight is 794 g/mol. The van der Waals surface area contributed by atoms with Gasteiger partial charge in [0.2, 0.25) is 0 Å². The van der Waals surface area contributed by atoms with Crippen molar-refractivity contribution in [1.82, 2.24) is 5.32 Å². The number of esters is 1. The van der Waals surface area contributed by atoms with Crippen molar-refractivity contribution < 1.29 is 43.2 Å². The Hall–Kier alpha value is -7.31. The smallest absolute Gasteiger partial charge is 0.343 e. The SMILES string of the molecule is COc1ccc(C(OCCNC(=O)c2ccc(N=Nc3ccc(OC(=O)c4ccccc4)cc3OCCCC(=O)O)cc2)(c2ccccc2)c2ccc(OC)cc2)cc1. The van der Waals surface area contributed by atoms with E-state index in [0.717, 1.165) is 16.7 Å². The molecule has 0 aliphatic heterocycles. The highest BCUT2D eigenvalue weighted by Crippen LogP contribution is 2.41. The summed E-state index contributed by atoms with van der Waals surface area (Å²) in [6.45, 7) is 0.485. The highest BCUT2D eigenvalue weighted by atomic mass is 16.5. The van der Waals surface area contributed by atoms with Crippen molar-refractivity contribution in [3.05, 3.63) is 179 Å². The average Bonchev–Trinajstić information content (AvgIpc) is 3.28. The maximum atomic E-state index is 13.3. The molecule has 6 aromatic rings. The summed E-state index contributed by atoms with van der Waals surface area (Å²) in [7, 11) is 3.24. The molecule has 59 heavy (non-hydrogen) atoms. The number of hydrogen-bond acceptors (Lipinski definition) is 10. The summed E-state index contributed by atoms with van der Waals surface area (Å²) in [5, 5.41) is 20.6. The first-order valence-corrected chi connectivity index (χ1v) is 18.8. The Morgan fingerprint density at radius 2 is 1.20 bits per heavy atom. The van der Waals surface area contributed by atoms with Gasteiger partial charge in [0.15, 0.2) is 5.75 Å². The number of carbonyl (C=O) groups is 3. The molecule has 0 aromatic heterocycles. The molecule has 12 nitrogen and oxygen atoms in total. The van der Waals surface area contributed by atoms with Gasteiger partial charge in [-0.2, -0.15) is 5.11 Å². The summed E-state index contributed by atoms with van der Waals surface area (Å²) in [6, 6.07) is 45.2. The molecule has 0 atom stereocenters. The minimum Gasteiger partial charge on any atom is -0.497 e. The number of aliphatic carboxylic acids is 1. The van der Waals surface area contributed by atoms with E-state index >= 15 is 0 Å². The quantitative estimate of drug-likeness (QED) is 0.0268.